The summed E-state index contributed by atoms with van der Waals surface area (Å²) in [4.78, 5) is 15.7. The van der Waals surface area contributed by atoms with E-state index in [1.54, 1.807) is 24.5 Å². The van der Waals surface area contributed by atoms with Crippen LogP contribution in [0.15, 0.2) is 30.7 Å². The van der Waals surface area contributed by atoms with Crippen molar-refractivity contribution >= 4 is 11.6 Å². The van der Waals surface area contributed by atoms with Gasteiger partial charge in [-0.2, -0.15) is 5.10 Å². The van der Waals surface area contributed by atoms with E-state index in [1.165, 1.54) is 6.20 Å². The summed E-state index contributed by atoms with van der Waals surface area (Å²) in [6.07, 6.45) is 4.87. The fraction of sp³-hybridized carbons (Fsp3) is 0.100. The highest BCUT2D eigenvalue weighted by Crippen LogP contribution is 2.06. The molecule has 5 N–H and O–H groups in total. The first-order chi connectivity index (χ1) is 8.29. The summed E-state index contributed by atoms with van der Waals surface area (Å²) in [7, 11) is 0. The lowest BCUT2D eigenvalue weighted by Gasteiger charge is -2.04. The van der Waals surface area contributed by atoms with Crippen LogP contribution in [0.3, 0.4) is 0 Å². The predicted molar refractivity (Wildman–Crippen MR) is 61.8 cm³/mol. The Morgan fingerprint density at radius 3 is 3.12 bits per heavy atom. The molecule has 88 valence electrons. The number of H-pyrrole nitrogens is 1. The number of hydrogen-bond acceptors (Lipinski definition) is 5. The number of carbonyl (C=O) groups excluding carboxylic acids is 1. The van der Waals surface area contributed by atoms with Crippen molar-refractivity contribution in [2.45, 2.75) is 6.54 Å². The molecule has 0 fully saturated rings. The van der Waals surface area contributed by atoms with Gasteiger partial charge in [-0.1, -0.05) is 0 Å². The van der Waals surface area contributed by atoms with Gasteiger partial charge in [-0.15, -0.1) is 0 Å². The van der Waals surface area contributed by atoms with Crippen LogP contribution in [0.1, 0.15) is 16.1 Å². The lowest BCUT2D eigenvalue weighted by atomic mass is 10.3. The maximum absolute atomic E-state index is 11.7. The SMILES string of the molecule is NNc1ccnc(C(=O)NCc2cn[nH]c2)c1. The standard InChI is InChI=1S/C10H12N6O/c11-16-8-1-2-12-9(3-8)10(17)13-4-7-5-14-15-6-7/h1-3,5-6H,4,11H2,(H,12,16)(H,13,17)(H,14,15). The Bertz CT molecular complexity index is 495. The number of pyridine rings is 1. The number of anilines is 1. The maximum atomic E-state index is 11.7. The third kappa shape index (κ3) is 2.79. The van der Waals surface area contributed by atoms with Crippen molar-refractivity contribution in [1.29, 1.82) is 0 Å². The Morgan fingerprint density at radius 2 is 2.41 bits per heavy atom. The van der Waals surface area contributed by atoms with E-state index in [0.29, 0.717) is 17.9 Å². The first kappa shape index (κ1) is 11.1. The highest BCUT2D eigenvalue weighted by molar-refractivity contribution is 5.92. The number of hydrogen-bond donors (Lipinski definition) is 4. The molecule has 7 nitrogen and oxygen atoms in total. The molecule has 0 aliphatic rings. The van der Waals surface area contributed by atoms with Crippen molar-refractivity contribution in [2.75, 3.05) is 5.43 Å². The fourth-order valence-corrected chi connectivity index (χ4v) is 1.29. The molecule has 17 heavy (non-hydrogen) atoms. The van der Waals surface area contributed by atoms with E-state index in [2.05, 4.69) is 25.9 Å². The van der Waals surface area contributed by atoms with E-state index in [0.717, 1.165) is 5.56 Å². The molecule has 2 rings (SSSR count). The minimum absolute atomic E-state index is 0.261. The Hall–Kier alpha value is -2.41. The summed E-state index contributed by atoms with van der Waals surface area (Å²) in [6, 6.07) is 3.25. The van der Waals surface area contributed by atoms with Crippen LogP contribution in [-0.4, -0.2) is 21.1 Å². The quantitative estimate of drug-likeness (QED) is 0.439. The lowest BCUT2D eigenvalue weighted by molar-refractivity contribution is 0.0946. The van der Waals surface area contributed by atoms with E-state index >= 15 is 0 Å². The third-order valence-corrected chi connectivity index (χ3v) is 2.17. The van der Waals surface area contributed by atoms with Crippen LogP contribution in [0.4, 0.5) is 5.69 Å². The number of amides is 1. The van der Waals surface area contributed by atoms with E-state index < -0.39 is 0 Å². The van der Waals surface area contributed by atoms with Gasteiger partial charge >= 0.3 is 0 Å². The van der Waals surface area contributed by atoms with Gasteiger partial charge in [-0.3, -0.25) is 20.7 Å². The summed E-state index contributed by atoms with van der Waals surface area (Å²) >= 11 is 0. The molecule has 0 aliphatic carbocycles. The molecule has 0 bridgehead atoms. The van der Waals surface area contributed by atoms with Gasteiger partial charge in [0.2, 0.25) is 0 Å². The van der Waals surface area contributed by atoms with Crippen molar-refractivity contribution in [3.8, 4) is 0 Å². The van der Waals surface area contributed by atoms with Crippen LogP contribution >= 0.6 is 0 Å². The van der Waals surface area contributed by atoms with Crippen molar-refractivity contribution < 1.29 is 4.79 Å². The summed E-state index contributed by atoms with van der Waals surface area (Å²) in [6.45, 7) is 0.400. The summed E-state index contributed by atoms with van der Waals surface area (Å²) in [5.74, 6) is 4.99. The molecule has 0 saturated carbocycles. The summed E-state index contributed by atoms with van der Waals surface area (Å²) in [5, 5.41) is 9.17. The number of aromatic nitrogens is 3. The Kier molecular flexibility index (Phi) is 3.31. The van der Waals surface area contributed by atoms with Crippen LogP contribution in [0.25, 0.3) is 0 Å². The van der Waals surface area contributed by atoms with Crippen LogP contribution in [0, 0.1) is 0 Å². The van der Waals surface area contributed by atoms with Crippen LogP contribution in [-0.2, 0) is 6.54 Å². The molecule has 7 heteroatoms. The smallest absolute Gasteiger partial charge is 0.270 e. The number of carbonyl (C=O) groups is 1. The fourth-order valence-electron chi connectivity index (χ4n) is 1.29. The Balaban J connectivity index is 1.99. The Labute approximate surface area is 97.4 Å². The number of nitrogens with two attached hydrogens (primary N) is 1. The molecule has 0 aliphatic heterocycles. The van der Waals surface area contributed by atoms with E-state index in [4.69, 9.17) is 5.84 Å². The van der Waals surface area contributed by atoms with Crippen LogP contribution in [0.2, 0.25) is 0 Å². The van der Waals surface area contributed by atoms with Gasteiger partial charge in [0.1, 0.15) is 5.69 Å². The number of aromatic amines is 1. The molecular formula is C10H12N6O. The number of rotatable bonds is 4. The number of nitrogens with zero attached hydrogens (tertiary/aromatic N) is 2. The molecule has 0 spiro atoms. The molecule has 2 aromatic heterocycles. The van der Waals surface area contributed by atoms with Gasteiger partial charge in [-0.05, 0) is 12.1 Å². The van der Waals surface area contributed by atoms with Gasteiger partial charge in [-0.25, -0.2) is 0 Å². The van der Waals surface area contributed by atoms with Gasteiger partial charge in [0.15, 0.2) is 0 Å². The van der Waals surface area contributed by atoms with Crippen molar-refractivity contribution in [2.24, 2.45) is 5.84 Å². The molecule has 1 amide bonds. The topological polar surface area (TPSA) is 109 Å². The maximum Gasteiger partial charge on any atom is 0.270 e. The van der Waals surface area contributed by atoms with Gasteiger partial charge in [0, 0.05) is 24.5 Å². The minimum atomic E-state index is -0.261. The monoisotopic (exact) mass is 232 g/mol. The molecule has 0 atom stereocenters. The summed E-state index contributed by atoms with van der Waals surface area (Å²) < 4.78 is 0. The zero-order valence-electron chi connectivity index (χ0n) is 8.97. The first-order valence-electron chi connectivity index (χ1n) is 4.98. The highest BCUT2D eigenvalue weighted by atomic mass is 16.1. The van der Waals surface area contributed by atoms with Crippen molar-refractivity contribution in [3.05, 3.63) is 42.0 Å². The van der Waals surface area contributed by atoms with Crippen molar-refractivity contribution in [1.82, 2.24) is 20.5 Å². The largest absolute Gasteiger partial charge is 0.347 e. The second-order valence-corrected chi connectivity index (χ2v) is 3.36. The van der Waals surface area contributed by atoms with Gasteiger partial charge < -0.3 is 10.7 Å². The number of nitrogens with one attached hydrogen (secondary N) is 3. The van der Waals surface area contributed by atoms with E-state index in [9.17, 15) is 4.79 Å². The molecule has 0 radical (unpaired) electrons. The second-order valence-electron chi connectivity index (χ2n) is 3.36. The van der Waals surface area contributed by atoms with Crippen LogP contribution < -0.4 is 16.6 Å². The van der Waals surface area contributed by atoms with E-state index in [-0.39, 0.29) is 5.91 Å². The molecule has 0 unspecified atom stereocenters. The normalized spacial score (nSPS) is 9.94. The van der Waals surface area contributed by atoms with Crippen LogP contribution in [0.5, 0.6) is 0 Å². The van der Waals surface area contributed by atoms with Gasteiger partial charge in [0.05, 0.1) is 11.9 Å². The Morgan fingerprint density at radius 1 is 1.53 bits per heavy atom. The number of nitrogen functional groups attached to an aromatic ring is 1. The predicted octanol–water partition coefficient (Wildman–Crippen LogP) is 0.0203. The lowest BCUT2D eigenvalue weighted by Crippen LogP contribution is -2.23. The molecule has 0 aromatic carbocycles. The number of hydrazine groups is 1. The zero-order valence-corrected chi connectivity index (χ0v) is 8.97. The minimum Gasteiger partial charge on any atom is -0.347 e. The molecule has 2 aromatic rings. The highest BCUT2D eigenvalue weighted by Gasteiger charge is 2.07. The first-order valence-corrected chi connectivity index (χ1v) is 4.98. The molecule has 2 heterocycles. The third-order valence-electron chi connectivity index (χ3n) is 2.17. The van der Waals surface area contributed by atoms with E-state index in [1.807, 2.05) is 0 Å². The average Bonchev–Trinajstić information content (AvgIpc) is 2.89. The second kappa shape index (κ2) is 5.08. The van der Waals surface area contributed by atoms with Crippen molar-refractivity contribution in [3.63, 3.8) is 0 Å². The average molecular weight is 232 g/mol. The van der Waals surface area contributed by atoms with Gasteiger partial charge in [0.25, 0.3) is 5.91 Å². The molecular weight excluding hydrogens is 220 g/mol. The summed E-state index contributed by atoms with van der Waals surface area (Å²) in [5.41, 5.74) is 4.29. The zero-order chi connectivity index (χ0) is 12.1. The molecule has 0 saturated heterocycles.